The van der Waals surface area contributed by atoms with Crippen molar-refractivity contribution in [2.45, 2.75) is 26.3 Å². The van der Waals surface area contributed by atoms with Gasteiger partial charge < -0.3 is 0 Å². The summed E-state index contributed by atoms with van der Waals surface area (Å²) in [6, 6.07) is 6.04. The van der Waals surface area contributed by atoms with Crippen LogP contribution in [0.4, 0.5) is 0 Å². The number of benzene rings is 1. The summed E-state index contributed by atoms with van der Waals surface area (Å²) in [7, 11) is 0. The minimum Gasteiger partial charge on any atom is -0.271 e. The molecule has 2 aromatic heterocycles. The number of rotatable bonds is 3. The van der Waals surface area contributed by atoms with Gasteiger partial charge in [0.2, 0.25) is 0 Å². The fraction of sp³-hybridized carbons (Fsp3) is 0.286. The van der Waals surface area contributed by atoms with Gasteiger partial charge in [-0.3, -0.25) is 4.68 Å². The summed E-state index contributed by atoms with van der Waals surface area (Å²) in [5, 5.41) is 7.16. The monoisotopic (exact) mass is 337 g/mol. The van der Waals surface area contributed by atoms with Crippen LogP contribution in [0.2, 0.25) is 5.15 Å². The molecule has 0 unspecified atom stereocenters. The molecule has 19 heavy (non-hydrogen) atoms. The van der Waals surface area contributed by atoms with Crippen LogP contribution < -0.4 is 0 Å². The van der Waals surface area contributed by atoms with Gasteiger partial charge >= 0.3 is 0 Å². The number of pyridine rings is 1. The maximum atomic E-state index is 6.23. The standard InChI is InChI=1S/C14H13BrClN3/c1-2-3-6-19-8-11-10-5-4-9(15)7-12(10)17-14(16)13(11)18-19/h4-5,7-8H,2-3,6H2,1H3. The lowest BCUT2D eigenvalue weighted by molar-refractivity contribution is 0.576. The first-order valence-corrected chi connectivity index (χ1v) is 7.48. The van der Waals surface area contributed by atoms with E-state index in [4.69, 9.17) is 11.6 Å². The zero-order valence-electron chi connectivity index (χ0n) is 10.5. The number of unbranched alkanes of at least 4 members (excludes halogenated alkanes) is 1. The molecule has 0 aliphatic rings. The Morgan fingerprint density at radius 1 is 1.32 bits per heavy atom. The van der Waals surface area contributed by atoms with Gasteiger partial charge in [-0.15, -0.1) is 0 Å². The third-order valence-electron chi connectivity index (χ3n) is 3.17. The molecule has 0 saturated heterocycles. The van der Waals surface area contributed by atoms with Crippen molar-refractivity contribution in [3.8, 4) is 0 Å². The molecule has 0 saturated carbocycles. The van der Waals surface area contributed by atoms with E-state index in [0.717, 1.165) is 45.7 Å². The van der Waals surface area contributed by atoms with E-state index in [9.17, 15) is 0 Å². The van der Waals surface area contributed by atoms with E-state index in [1.54, 1.807) is 0 Å². The second-order valence-electron chi connectivity index (χ2n) is 4.57. The van der Waals surface area contributed by atoms with Crippen LogP contribution in [0.25, 0.3) is 21.8 Å². The van der Waals surface area contributed by atoms with Gasteiger partial charge in [0.25, 0.3) is 0 Å². The summed E-state index contributed by atoms with van der Waals surface area (Å²) in [6.45, 7) is 3.09. The molecule has 0 radical (unpaired) electrons. The van der Waals surface area contributed by atoms with Crippen molar-refractivity contribution in [3.05, 3.63) is 34.0 Å². The Hall–Kier alpha value is -1.13. The second kappa shape index (κ2) is 5.10. The molecule has 0 amide bonds. The molecule has 0 N–H and O–H groups in total. The highest BCUT2D eigenvalue weighted by molar-refractivity contribution is 9.10. The van der Waals surface area contributed by atoms with Gasteiger partial charge in [-0.2, -0.15) is 5.10 Å². The first-order chi connectivity index (χ1) is 9.19. The van der Waals surface area contributed by atoms with Crippen LogP contribution in [0.3, 0.4) is 0 Å². The molecule has 2 heterocycles. The summed E-state index contributed by atoms with van der Waals surface area (Å²) in [5.74, 6) is 0. The molecule has 3 nitrogen and oxygen atoms in total. The Labute approximate surface area is 124 Å². The van der Waals surface area contributed by atoms with Crippen molar-refractivity contribution in [2.75, 3.05) is 0 Å². The first-order valence-electron chi connectivity index (χ1n) is 6.31. The minimum absolute atomic E-state index is 0.468. The number of hydrogen-bond donors (Lipinski definition) is 0. The number of hydrogen-bond acceptors (Lipinski definition) is 2. The third kappa shape index (κ3) is 2.35. The van der Waals surface area contributed by atoms with E-state index < -0.39 is 0 Å². The van der Waals surface area contributed by atoms with Gasteiger partial charge in [0.15, 0.2) is 5.15 Å². The molecule has 98 valence electrons. The number of fused-ring (bicyclic) bond motifs is 3. The number of aromatic nitrogens is 3. The Bertz CT molecular complexity index is 751. The maximum Gasteiger partial charge on any atom is 0.157 e. The molecule has 0 aliphatic heterocycles. The zero-order chi connectivity index (χ0) is 13.4. The number of aryl methyl sites for hydroxylation is 1. The minimum atomic E-state index is 0.468. The van der Waals surface area contributed by atoms with Gasteiger partial charge in [0.1, 0.15) is 5.52 Å². The SMILES string of the molecule is CCCCn1cc2c(n1)c(Cl)nc1cc(Br)ccc12. The lowest BCUT2D eigenvalue weighted by atomic mass is 10.1. The van der Waals surface area contributed by atoms with Gasteiger partial charge in [0, 0.05) is 28.0 Å². The zero-order valence-corrected chi connectivity index (χ0v) is 12.9. The molecule has 5 heteroatoms. The van der Waals surface area contributed by atoms with Crippen LogP contribution >= 0.6 is 27.5 Å². The molecular formula is C14H13BrClN3. The van der Waals surface area contributed by atoms with Crippen LogP contribution in [-0.2, 0) is 6.54 Å². The average molecular weight is 339 g/mol. The van der Waals surface area contributed by atoms with Gasteiger partial charge in [-0.25, -0.2) is 4.98 Å². The predicted octanol–water partition coefficient (Wildman–Crippen LogP) is 4.80. The third-order valence-corrected chi connectivity index (χ3v) is 3.92. The topological polar surface area (TPSA) is 30.7 Å². The van der Waals surface area contributed by atoms with E-state index in [1.165, 1.54) is 0 Å². The lowest BCUT2D eigenvalue weighted by Gasteiger charge is -2.00. The Morgan fingerprint density at radius 3 is 2.95 bits per heavy atom. The van der Waals surface area contributed by atoms with Crippen LogP contribution in [0.1, 0.15) is 19.8 Å². The Kier molecular flexibility index (Phi) is 3.46. The second-order valence-corrected chi connectivity index (χ2v) is 5.85. The number of nitrogens with zero attached hydrogens (tertiary/aromatic N) is 3. The fourth-order valence-electron chi connectivity index (χ4n) is 2.19. The van der Waals surface area contributed by atoms with Crippen molar-refractivity contribution in [2.24, 2.45) is 0 Å². The summed E-state index contributed by atoms with van der Waals surface area (Å²) >= 11 is 9.69. The molecule has 0 bridgehead atoms. The largest absolute Gasteiger partial charge is 0.271 e. The molecule has 0 aliphatic carbocycles. The van der Waals surface area contributed by atoms with Crippen LogP contribution in [0, 0.1) is 0 Å². The molecule has 3 rings (SSSR count). The molecular weight excluding hydrogens is 326 g/mol. The van der Waals surface area contributed by atoms with Gasteiger partial charge in [0.05, 0.1) is 5.52 Å². The molecule has 0 spiro atoms. The van der Waals surface area contributed by atoms with Gasteiger partial charge in [-0.05, 0) is 18.6 Å². The lowest BCUT2D eigenvalue weighted by Crippen LogP contribution is -1.97. The summed E-state index contributed by atoms with van der Waals surface area (Å²) in [5.41, 5.74) is 1.68. The van der Waals surface area contributed by atoms with E-state index in [0.29, 0.717) is 5.15 Å². The summed E-state index contributed by atoms with van der Waals surface area (Å²) in [4.78, 5) is 4.42. The summed E-state index contributed by atoms with van der Waals surface area (Å²) in [6.07, 6.45) is 4.33. The van der Waals surface area contributed by atoms with E-state index in [-0.39, 0.29) is 0 Å². The van der Waals surface area contributed by atoms with Crippen molar-refractivity contribution in [3.63, 3.8) is 0 Å². The van der Waals surface area contributed by atoms with E-state index in [2.05, 4.69) is 45.2 Å². The van der Waals surface area contributed by atoms with Gasteiger partial charge in [-0.1, -0.05) is 46.9 Å². The van der Waals surface area contributed by atoms with Crippen molar-refractivity contribution in [1.82, 2.24) is 14.8 Å². The Morgan fingerprint density at radius 2 is 2.16 bits per heavy atom. The van der Waals surface area contributed by atoms with E-state index >= 15 is 0 Å². The van der Waals surface area contributed by atoms with Crippen molar-refractivity contribution < 1.29 is 0 Å². The molecule has 1 aromatic carbocycles. The highest BCUT2D eigenvalue weighted by Gasteiger charge is 2.11. The summed E-state index contributed by atoms with van der Waals surface area (Å²) < 4.78 is 2.96. The highest BCUT2D eigenvalue weighted by Crippen LogP contribution is 2.29. The van der Waals surface area contributed by atoms with Crippen LogP contribution in [-0.4, -0.2) is 14.8 Å². The molecule has 3 aromatic rings. The molecule has 0 atom stereocenters. The smallest absolute Gasteiger partial charge is 0.157 e. The number of halogens is 2. The predicted molar refractivity (Wildman–Crippen MR) is 82.7 cm³/mol. The fourth-order valence-corrected chi connectivity index (χ4v) is 2.77. The normalized spacial score (nSPS) is 11.5. The molecule has 0 fully saturated rings. The van der Waals surface area contributed by atoms with E-state index in [1.807, 2.05) is 16.8 Å². The first kappa shape index (κ1) is 12.9. The van der Waals surface area contributed by atoms with Crippen LogP contribution in [0.5, 0.6) is 0 Å². The van der Waals surface area contributed by atoms with Crippen molar-refractivity contribution in [1.29, 1.82) is 0 Å². The maximum absolute atomic E-state index is 6.23. The Balaban J connectivity index is 2.24. The van der Waals surface area contributed by atoms with Crippen LogP contribution in [0.15, 0.2) is 28.9 Å². The average Bonchev–Trinajstić information content (AvgIpc) is 2.81. The quantitative estimate of drug-likeness (QED) is 0.642. The van der Waals surface area contributed by atoms with Crippen molar-refractivity contribution >= 4 is 49.3 Å². The highest BCUT2D eigenvalue weighted by atomic mass is 79.9.